The van der Waals surface area contributed by atoms with Crippen LogP contribution < -0.4 is 4.90 Å². The van der Waals surface area contributed by atoms with E-state index in [1.54, 1.807) is 0 Å². The van der Waals surface area contributed by atoms with Gasteiger partial charge < -0.3 is 14.7 Å². The first kappa shape index (κ1) is 27.2. The molecule has 0 amide bonds. The van der Waals surface area contributed by atoms with Crippen LogP contribution in [0.2, 0.25) is 5.02 Å². The number of aromatic nitrogens is 1. The molecule has 1 aliphatic rings. The predicted molar refractivity (Wildman–Crippen MR) is 151 cm³/mol. The predicted octanol–water partition coefficient (Wildman–Crippen LogP) is 7.94. The second-order valence-corrected chi connectivity index (χ2v) is 12.1. The molecule has 0 saturated carbocycles. The summed E-state index contributed by atoms with van der Waals surface area (Å²) in [5.74, 6) is -1.01. The van der Waals surface area contributed by atoms with E-state index in [1.165, 1.54) is 0 Å². The molecule has 6 heteroatoms. The molecule has 1 aromatic heterocycles. The summed E-state index contributed by atoms with van der Waals surface area (Å²) in [6, 6.07) is 16.1. The van der Waals surface area contributed by atoms with E-state index in [-0.39, 0.29) is 5.41 Å². The molecular weight excluding hydrogens is 484 g/mol. The highest BCUT2D eigenvalue weighted by atomic mass is 35.5. The van der Waals surface area contributed by atoms with Crippen LogP contribution >= 0.6 is 11.6 Å². The zero-order chi connectivity index (χ0) is 27.0. The summed E-state index contributed by atoms with van der Waals surface area (Å²) < 4.78 is 6.15. The standard InChI is InChI=1S/C31H37ClN2O3/c1-20-26(28(29(35)36)37-30(2,3)4)27(34-15-13-31(5,6)14-16-34)25(19-33-20)23-11-7-9-21(17-23)22-10-8-12-24(32)18-22/h7-12,17-19,28H,13-16H2,1-6H3,(H,35,36)/t28-/m0/s1. The van der Waals surface area contributed by atoms with Crippen molar-refractivity contribution in [1.29, 1.82) is 0 Å². The van der Waals surface area contributed by atoms with Gasteiger partial charge in [0.05, 0.1) is 11.3 Å². The van der Waals surface area contributed by atoms with Crippen molar-refractivity contribution in [2.24, 2.45) is 5.41 Å². The highest BCUT2D eigenvalue weighted by molar-refractivity contribution is 6.30. The summed E-state index contributed by atoms with van der Waals surface area (Å²) >= 11 is 6.27. The zero-order valence-corrected chi connectivity index (χ0v) is 23.4. The van der Waals surface area contributed by atoms with Gasteiger partial charge >= 0.3 is 5.97 Å². The third-order valence-corrected chi connectivity index (χ3v) is 7.25. The van der Waals surface area contributed by atoms with Crippen LogP contribution in [0.25, 0.3) is 22.3 Å². The van der Waals surface area contributed by atoms with E-state index in [4.69, 9.17) is 21.3 Å². The monoisotopic (exact) mass is 520 g/mol. The average molecular weight is 521 g/mol. The largest absolute Gasteiger partial charge is 0.479 e. The van der Waals surface area contributed by atoms with E-state index in [1.807, 2.05) is 64.2 Å². The van der Waals surface area contributed by atoms with Gasteiger partial charge in [-0.2, -0.15) is 0 Å². The number of anilines is 1. The summed E-state index contributed by atoms with van der Waals surface area (Å²) in [5, 5.41) is 11.0. The molecule has 1 saturated heterocycles. The topological polar surface area (TPSA) is 62.7 Å². The van der Waals surface area contributed by atoms with Crippen molar-refractivity contribution in [1.82, 2.24) is 4.98 Å². The lowest BCUT2D eigenvalue weighted by atomic mass is 9.82. The first-order chi connectivity index (χ1) is 17.3. The van der Waals surface area contributed by atoms with Gasteiger partial charge in [0.15, 0.2) is 6.10 Å². The number of pyridine rings is 1. The number of carboxylic acids is 1. The van der Waals surface area contributed by atoms with Crippen molar-refractivity contribution in [3.63, 3.8) is 0 Å². The number of rotatable bonds is 6. The lowest BCUT2D eigenvalue weighted by Crippen LogP contribution is -2.39. The number of nitrogens with zero attached hydrogens (tertiary/aromatic N) is 2. The Labute approximate surface area is 225 Å². The Kier molecular flexibility index (Phi) is 7.68. The van der Waals surface area contributed by atoms with Crippen LogP contribution in [0.15, 0.2) is 54.7 Å². The minimum Gasteiger partial charge on any atom is -0.479 e. The number of hydrogen-bond donors (Lipinski definition) is 1. The van der Waals surface area contributed by atoms with Crippen molar-refractivity contribution >= 4 is 23.3 Å². The number of aliphatic carboxylic acids is 1. The summed E-state index contributed by atoms with van der Waals surface area (Å²) in [5.41, 5.74) is 5.77. The molecule has 0 unspecified atom stereocenters. The Morgan fingerprint density at radius 1 is 1.05 bits per heavy atom. The van der Waals surface area contributed by atoms with Gasteiger partial charge in [-0.3, -0.25) is 4.98 Å². The van der Waals surface area contributed by atoms with Crippen molar-refractivity contribution in [2.75, 3.05) is 18.0 Å². The minimum atomic E-state index is -1.13. The van der Waals surface area contributed by atoms with Crippen molar-refractivity contribution in [3.05, 3.63) is 71.0 Å². The number of ether oxygens (including phenoxy) is 1. The fourth-order valence-corrected chi connectivity index (χ4v) is 5.12. The van der Waals surface area contributed by atoms with Gasteiger partial charge in [0.25, 0.3) is 0 Å². The lowest BCUT2D eigenvalue weighted by molar-refractivity contribution is -0.160. The fraction of sp³-hybridized carbons (Fsp3) is 0.419. The molecule has 196 valence electrons. The molecule has 0 spiro atoms. The van der Waals surface area contributed by atoms with E-state index >= 15 is 0 Å². The molecule has 1 N–H and O–H groups in total. The molecule has 3 aromatic rings. The van der Waals surface area contributed by atoms with Gasteiger partial charge in [0, 0.05) is 41.1 Å². The van der Waals surface area contributed by atoms with Crippen LogP contribution in [0.5, 0.6) is 0 Å². The number of piperidine rings is 1. The summed E-state index contributed by atoms with van der Waals surface area (Å²) in [7, 11) is 0. The third kappa shape index (κ3) is 6.34. The minimum absolute atomic E-state index is 0.250. The highest BCUT2D eigenvalue weighted by Crippen LogP contribution is 2.44. The molecule has 1 fully saturated rings. The van der Waals surface area contributed by atoms with Crippen LogP contribution in [-0.2, 0) is 9.53 Å². The van der Waals surface area contributed by atoms with E-state index in [2.05, 4.69) is 36.9 Å². The molecule has 0 radical (unpaired) electrons. The SMILES string of the molecule is Cc1ncc(-c2cccc(-c3cccc(Cl)c3)c2)c(N2CCC(C)(C)CC2)c1[C@H](OC(C)(C)C)C(=O)O. The number of carboxylic acid groups (broad SMARTS) is 1. The second-order valence-electron chi connectivity index (χ2n) is 11.7. The Hall–Kier alpha value is -2.89. The maximum atomic E-state index is 12.6. The molecular formula is C31H37ClN2O3. The fourth-order valence-electron chi connectivity index (χ4n) is 4.93. The molecule has 4 rings (SSSR count). The van der Waals surface area contributed by atoms with Gasteiger partial charge in [0.1, 0.15) is 0 Å². The van der Waals surface area contributed by atoms with E-state index in [0.717, 1.165) is 53.9 Å². The molecule has 0 aliphatic carbocycles. The molecule has 5 nitrogen and oxygen atoms in total. The van der Waals surface area contributed by atoms with Crippen molar-refractivity contribution in [3.8, 4) is 22.3 Å². The summed E-state index contributed by atoms with van der Waals surface area (Å²) in [4.78, 5) is 19.6. The number of halogens is 1. The quantitative estimate of drug-likeness (QED) is 0.357. The van der Waals surface area contributed by atoms with Crippen molar-refractivity contribution in [2.45, 2.75) is 66.1 Å². The first-order valence-corrected chi connectivity index (χ1v) is 13.2. The molecule has 2 aromatic carbocycles. The van der Waals surface area contributed by atoms with Gasteiger partial charge in [-0.25, -0.2) is 4.79 Å². The molecule has 1 aliphatic heterocycles. The van der Waals surface area contributed by atoms with E-state index in [0.29, 0.717) is 16.3 Å². The average Bonchev–Trinajstić information content (AvgIpc) is 2.82. The van der Waals surface area contributed by atoms with Crippen LogP contribution in [0.3, 0.4) is 0 Å². The number of carbonyl (C=O) groups is 1. The summed E-state index contributed by atoms with van der Waals surface area (Å²) in [6.45, 7) is 13.8. The molecule has 0 bridgehead atoms. The Morgan fingerprint density at radius 3 is 2.24 bits per heavy atom. The lowest BCUT2D eigenvalue weighted by Gasteiger charge is -2.41. The van der Waals surface area contributed by atoms with Crippen LogP contribution in [0.1, 0.15) is 64.8 Å². The maximum absolute atomic E-state index is 12.6. The van der Waals surface area contributed by atoms with E-state index < -0.39 is 17.7 Å². The van der Waals surface area contributed by atoms with Crippen molar-refractivity contribution < 1.29 is 14.6 Å². The zero-order valence-electron chi connectivity index (χ0n) is 22.6. The highest BCUT2D eigenvalue weighted by Gasteiger charge is 2.35. The normalized spacial score (nSPS) is 16.5. The summed E-state index contributed by atoms with van der Waals surface area (Å²) in [6.07, 6.45) is 2.79. The Balaban J connectivity index is 1.92. The molecule has 1 atom stereocenters. The van der Waals surface area contributed by atoms with Gasteiger partial charge in [-0.1, -0.05) is 55.8 Å². The smallest absolute Gasteiger partial charge is 0.337 e. The number of hydrogen-bond acceptors (Lipinski definition) is 4. The number of aryl methyl sites for hydroxylation is 1. The maximum Gasteiger partial charge on any atom is 0.337 e. The van der Waals surface area contributed by atoms with Gasteiger partial charge in [-0.05, 0) is 80.8 Å². The van der Waals surface area contributed by atoms with Gasteiger partial charge in [-0.15, -0.1) is 0 Å². The molecule has 37 heavy (non-hydrogen) atoms. The van der Waals surface area contributed by atoms with Crippen LogP contribution in [0.4, 0.5) is 5.69 Å². The third-order valence-electron chi connectivity index (χ3n) is 7.01. The van der Waals surface area contributed by atoms with Crippen LogP contribution in [-0.4, -0.2) is 34.8 Å². The van der Waals surface area contributed by atoms with E-state index in [9.17, 15) is 9.90 Å². The Bertz CT molecular complexity index is 1290. The number of benzene rings is 2. The first-order valence-electron chi connectivity index (χ1n) is 12.9. The molecule has 2 heterocycles. The van der Waals surface area contributed by atoms with Crippen LogP contribution in [0, 0.1) is 12.3 Å². The Morgan fingerprint density at radius 2 is 1.65 bits per heavy atom. The second kappa shape index (κ2) is 10.5. The van der Waals surface area contributed by atoms with Gasteiger partial charge in [0.2, 0.25) is 0 Å².